The maximum Gasteiger partial charge on any atom is 0.229 e. The van der Waals surface area contributed by atoms with Gasteiger partial charge in [-0.1, -0.05) is 11.6 Å². The Morgan fingerprint density at radius 2 is 2.20 bits per heavy atom. The summed E-state index contributed by atoms with van der Waals surface area (Å²) in [6.07, 6.45) is 4.86. The molecule has 156 valence electrons. The number of hydrogen-bond donors (Lipinski definition) is 2. The number of halogens is 3. The van der Waals surface area contributed by atoms with Gasteiger partial charge in [-0.05, 0) is 31.2 Å². The Hall–Kier alpha value is -3.07. The number of aromatic nitrogens is 4. The molecule has 1 amide bonds. The minimum absolute atomic E-state index is 0.0529. The van der Waals surface area contributed by atoms with Crippen molar-refractivity contribution in [2.45, 2.75) is 18.9 Å². The minimum Gasteiger partial charge on any atom is -0.355 e. The van der Waals surface area contributed by atoms with E-state index in [0.717, 1.165) is 0 Å². The van der Waals surface area contributed by atoms with Crippen LogP contribution in [0.5, 0.6) is 0 Å². The van der Waals surface area contributed by atoms with Gasteiger partial charge in [0.2, 0.25) is 11.9 Å². The van der Waals surface area contributed by atoms with Crippen LogP contribution in [0.15, 0.2) is 43.0 Å². The van der Waals surface area contributed by atoms with Gasteiger partial charge in [0.15, 0.2) is 0 Å². The number of alkyl halides is 1. The van der Waals surface area contributed by atoms with E-state index in [9.17, 15) is 13.6 Å². The molecular weight excluding hydrogens is 414 g/mol. The molecule has 0 radical (unpaired) electrons. The van der Waals surface area contributed by atoms with Crippen molar-refractivity contribution in [3.05, 3.63) is 65.2 Å². The minimum atomic E-state index is -0.632. The van der Waals surface area contributed by atoms with Crippen LogP contribution >= 0.6 is 11.6 Å². The van der Waals surface area contributed by atoms with E-state index in [1.54, 1.807) is 29.2 Å². The first-order chi connectivity index (χ1) is 14.5. The Kier molecular flexibility index (Phi) is 5.63. The number of carbonyl (C=O) groups excluding carboxylic acids is 1. The summed E-state index contributed by atoms with van der Waals surface area (Å²) in [5.74, 6) is -1.50. The number of anilines is 1. The molecule has 1 aliphatic rings. The molecule has 4 rings (SSSR count). The molecule has 3 atom stereocenters. The average molecular weight is 433 g/mol. The average Bonchev–Trinajstić information content (AvgIpc) is 3.37. The van der Waals surface area contributed by atoms with E-state index >= 15 is 0 Å². The van der Waals surface area contributed by atoms with Crippen molar-refractivity contribution in [2.75, 3.05) is 18.5 Å². The predicted molar refractivity (Wildman–Crippen MR) is 108 cm³/mol. The fourth-order valence-corrected chi connectivity index (χ4v) is 3.54. The Bertz CT molecular complexity index is 1070. The molecular formula is C20H19ClF2N6O. The highest BCUT2D eigenvalue weighted by Crippen LogP contribution is 2.29. The van der Waals surface area contributed by atoms with Crippen LogP contribution in [-0.2, 0) is 4.79 Å². The molecule has 0 saturated carbocycles. The van der Waals surface area contributed by atoms with Crippen molar-refractivity contribution in [2.24, 2.45) is 5.92 Å². The summed E-state index contributed by atoms with van der Waals surface area (Å²) in [5.41, 5.74) is 1.74. The van der Waals surface area contributed by atoms with Crippen LogP contribution in [0.4, 0.5) is 14.7 Å². The second-order valence-electron chi connectivity index (χ2n) is 7.11. The van der Waals surface area contributed by atoms with Crippen LogP contribution in [0.2, 0.25) is 5.02 Å². The maximum atomic E-state index is 13.7. The molecule has 0 aliphatic carbocycles. The second-order valence-corrected chi connectivity index (χ2v) is 7.52. The lowest BCUT2D eigenvalue weighted by molar-refractivity contribution is -0.120. The molecule has 3 aromatic rings. The summed E-state index contributed by atoms with van der Waals surface area (Å²) in [7, 11) is 0. The van der Waals surface area contributed by atoms with Crippen molar-refractivity contribution in [3.8, 4) is 5.69 Å². The zero-order valence-corrected chi connectivity index (χ0v) is 16.8. The first kappa shape index (κ1) is 20.2. The Labute approximate surface area is 176 Å². The van der Waals surface area contributed by atoms with Crippen molar-refractivity contribution in [3.63, 3.8) is 0 Å². The third-order valence-electron chi connectivity index (χ3n) is 5.08. The number of hydrogen-bond acceptors (Lipinski definition) is 5. The number of amides is 1. The van der Waals surface area contributed by atoms with Crippen LogP contribution in [0.3, 0.4) is 0 Å². The molecule has 2 N–H and O–H groups in total. The van der Waals surface area contributed by atoms with Crippen LogP contribution in [-0.4, -0.2) is 38.6 Å². The number of nitrogens with zero attached hydrogens (tertiary/aromatic N) is 4. The van der Waals surface area contributed by atoms with Crippen molar-refractivity contribution in [1.82, 2.24) is 24.8 Å². The standard InChI is InChI=1S/C20H19ClF2N6O/c1-11(17-9-29(10-26-17)13-2-3-14(21)15(23)6-13)27-20-24-5-4-16(28-20)18-12(7-22)8-25-19(18)30/h2-6,9-12,18H,7-8H2,1H3,(H,25,30)(H,24,27,28)/t11-,12?,18+/m0/s1. The van der Waals surface area contributed by atoms with Gasteiger partial charge in [-0.2, -0.15) is 0 Å². The number of benzene rings is 1. The summed E-state index contributed by atoms with van der Waals surface area (Å²) < 4.78 is 28.6. The van der Waals surface area contributed by atoms with Gasteiger partial charge in [0.05, 0.1) is 41.4 Å². The van der Waals surface area contributed by atoms with Crippen LogP contribution in [0, 0.1) is 11.7 Å². The lowest BCUT2D eigenvalue weighted by Crippen LogP contribution is -2.20. The summed E-state index contributed by atoms with van der Waals surface area (Å²) in [6.45, 7) is 1.57. The van der Waals surface area contributed by atoms with Crippen molar-refractivity contribution >= 4 is 23.5 Å². The fourth-order valence-electron chi connectivity index (χ4n) is 3.42. The van der Waals surface area contributed by atoms with Crippen LogP contribution in [0.25, 0.3) is 5.69 Å². The molecule has 2 aromatic heterocycles. The predicted octanol–water partition coefficient (Wildman–Crippen LogP) is 3.43. The highest BCUT2D eigenvalue weighted by molar-refractivity contribution is 6.30. The van der Waals surface area contributed by atoms with Crippen molar-refractivity contribution in [1.29, 1.82) is 0 Å². The van der Waals surface area contributed by atoms with Gasteiger partial charge in [-0.25, -0.2) is 19.3 Å². The Morgan fingerprint density at radius 3 is 2.97 bits per heavy atom. The van der Waals surface area contributed by atoms with Crippen LogP contribution in [0.1, 0.15) is 30.3 Å². The van der Waals surface area contributed by atoms with Crippen LogP contribution < -0.4 is 10.6 Å². The molecule has 1 fully saturated rings. The number of rotatable bonds is 6. The van der Waals surface area contributed by atoms with Gasteiger partial charge in [-0.15, -0.1) is 0 Å². The van der Waals surface area contributed by atoms with E-state index < -0.39 is 24.3 Å². The lowest BCUT2D eigenvalue weighted by atomic mass is 9.93. The molecule has 7 nitrogen and oxygen atoms in total. The molecule has 1 unspecified atom stereocenters. The topological polar surface area (TPSA) is 84.7 Å². The molecule has 0 bridgehead atoms. The second kappa shape index (κ2) is 8.35. The highest BCUT2D eigenvalue weighted by Gasteiger charge is 2.37. The quantitative estimate of drug-likeness (QED) is 0.623. The first-order valence-electron chi connectivity index (χ1n) is 9.38. The Morgan fingerprint density at radius 1 is 1.37 bits per heavy atom. The van der Waals surface area contributed by atoms with Gasteiger partial charge < -0.3 is 15.2 Å². The third kappa shape index (κ3) is 3.97. The van der Waals surface area contributed by atoms with E-state index in [4.69, 9.17) is 11.6 Å². The molecule has 1 saturated heterocycles. The maximum absolute atomic E-state index is 13.7. The van der Waals surface area contributed by atoms with Gasteiger partial charge >= 0.3 is 0 Å². The van der Waals surface area contributed by atoms with E-state index in [1.165, 1.54) is 18.3 Å². The first-order valence-corrected chi connectivity index (χ1v) is 9.76. The molecule has 1 aromatic carbocycles. The summed E-state index contributed by atoms with van der Waals surface area (Å²) in [6, 6.07) is 5.85. The number of carbonyl (C=O) groups is 1. The highest BCUT2D eigenvalue weighted by atomic mass is 35.5. The smallest absolute Gasteiger partial charge is 0.229 e. The van der Waals surface area contributed by atoms with Crippen molar-refractivity contribution < 1.29 is 13.6 Å². The lowest BCUT2D eigenvalue weighted by Gasteiger charge is -2.15. The summed E-state index contributed by atoms with van der Waals surface area (Å²) in [4.78, 5) is 25.0. The number of nitrogens with one attached hydrogen (secondary N) is 2. The normalized spacial score (nSPS) is 19.5. The van der Waals surface area contributed by atoms with E-state index in [2.05, 4.69) is 25.6 Å². The fraction of sp³-hybridized carbons (Fsp3) is 0.300. The number of imidazole rings is 1. The monoisotopic (exact) mass is 432 g/mol. The van der Waals surface area contributed by atoms with Gasteiger partial charge in [0, 0.05) is 30.5 Å². The largest absolute Gasteiger partial charge is 0.355 e. The molecule has 30 heavy (non-hydrogen) atoms. The molecule has 10 heteroatoms. The van der Waals surface area contributed by atoms with Gasteiger partial charge in [0.1, 0.15) is 5.82 Å². The van der Waals surface area contributed by atoms with Gasteiger partial charge in [-0.3, -0.25) is 9.18 Å². The SMILES string of the molecule is C[C@H](Nc1nccc([C@@H]2C(=O)NCC2CF)n1)c1cn(-c2ccc(Cl)c(F)c2)cn1. The molecule has 0 spiro atoms. The summed E-state index contributed by atoms with van der Waals surface area (Å²) >= 11 is 5.73. The molecule has 3 heterocycles. The zero-order valence-electron chi connectivity index (χ0n) is 16.0. The van der Waals surface area contributed by atoms with E-state index in [-0.39, 0.29) is 17.0 Å². The summed E-state index contributed by atoms with van der Waals surface area (Å²) in [5, 5.41) is 5.86. The third-order valence-corrected chi connectivity index (χ3v) is 5.39. The Balaban J connectivity index is 1.51. The molecule has 1 aliphatic heterocycles. The van der Waals surface area contributed by atoms with Gasteiger partial charge in [0.25, 0.3) is 0 Å². The van der Waals surface area contributed by atoms with E-state index in [0.29, 0.717) is 29.6 Å². The van der Waals surface area contributed by atoms with E-state index in [1.807, 2.05) is 6.92 Å². The zero-order chi connectivity index (χ0) is 21.3.